The van der Waals surface area contributed by atoms with E-state index in [9.17, 15) is 18.7 Å². The Morgan fingerprint density at radius 3 is 2.51 bits per heavy atom. The molecular formula is C34H35F2NO2. The molecule has 1 aliphatic carbocycles. The molecule has 3 aromatic carbocycles. The van der Waals surface area contributed by atoms with Crippen LogP contribution in [0.4, 0.5) is 8.78 Å². The first-order valence-corrected chi connectivity index (χ1v) is 13.8. The molecular weight excluding hydrogens is 492 g/mol. The zero-order valence-electron chi connectivity index (χ0n) is 22.7. The Morgan fingerprint density at radius 1 is 0.974 bits per heavy atom. The highest BCUT2D eigenvalue weighted by Gasteiger charge is 2.23. The molecule has 1 saturated heterocycles. The van der Waals surface area contributed by atoms with Crippen LogP contribution in [0.5, 0.6) is 0 Å². The molecule has 2 aliphatic rings. The average molecular weight is 528 g/mol. The van der Waals surface area contributed by atoms with Gasteiger partial charge in [0, 0.05) is 19.6 Å². The first-order chi connectivity index (χ1) is 18.8. The van der Waals surface area contributed by atoms with Crippen molar-refractivity contribution >= 4 is 23.2 Å². The Balaban J connectivity index is 1.58. The number of alkyl halides is 1. The predicted octanol–water partition coefficient (Wildman–Crippen LogP) is 7.88. The molecule has 0 radical (unpaired) electrons. The van der Waals surface area contributed by atoms with Crippen molar-refractivity contribution in [1.82, 2.24) is 4.90 Å². The maximum Gasteiger partial charge on any atom is 0.335 e. The lowest BCUT2D eigenvalue weighted by Gasteiger charge is -2.19. The molecule has 1 fully saturated rings. The number of aryl methyl sites for hydroxylation is 3. The van der Waals surface area contributed by atoms with E-state index in [1.165, 1.54) is 11.1 Å². The summed E-state index contributed by atoms with van der Waals surface area (Å²) in [5.41, 5.74) is 10.7. The van der Waals surface area contributed by atoms with Gasteiger partial charge in [0.05, 0.1) is 12.2 Å². The number of hydrogen-bond acceptors (Lipinski definition) is 2. The molecule has 0 unspecified atom stereocenters. The number of halogens is 2. The zero-order valence-corrected chi connectivity index (χ0v) is 22.7. The van der Waals surface area contributed by atoms with E-state index in [0.717, 1.165) is 84.3 Å². The summed E-state index contributed by atoms with van der Waals surface area (Å²) in [5, 5.41) is 9.60. The van der Waals surface area contributed by atoms with E-state index in [1.807, 2.05) is 19.1 Å². The Bertz CT molecular complexity index is 1450. The van der Waals surface area contributed by atoms with E-state index in [1.54, 1.807) is 25.1 Å². The van der Waals surface area contributed by atoms with Crippen molar-refractivity contribution in [3.8, 4) is 0 Å². The van der Waals surface area contributed by atoms with Gasteiger partial charge < -0.3 is 5.11 Å². The normalized spacial score (nSPS) is 17.0. The highest BCUT2D eigenvalue weighted by molar-refractivity contribution is 6.01. The van der Waals surface area contributed by atoms with Gasteiger partial charge in [0.1, 0.15) is 5.82 Å². The Morgan fingerprint density at radius 2 is 1.77 bits per heavy atom. The van der Waals surface area contributed by atoms with Gasteiger partial charge in [0.15, 0.2) is 0 Å². The number of aromatic carboxylic acids is 1. The van der Waals surface area contributed by atoms with E-state index in [0.29, 0.717) is 17.5 Å². The van der Waals surface area contributed by atoms with Gasteiger partial charge in [0.2, 0.25) is 0 Å². The minimum absolute atomic E-state index is 0.203. The third-order valence-electron chi connectivity index (χ3n) is 7.98. The van der Waals surface area contributed by atoms with Crippen molar-refractivity contribution in [3.63, 3.8) is 0 Å². The molecule has 0 aromatic heterocycles. The van der Waals surface area contributed by atoms with Gasteiger partial charge in [-0.05, 0) is 120 Å². The van der Waals surface area contributed by atoms with Crippen molar-refractivity contribution in [2.45, 2.75) is 46.0 Å². The number of carbonyl (C=O) groups is 1. The fraction of sp³-hybridized carbons (Fsp3) is 0.324. The van der Waals surface area contributed by atoms with Crippen LogP contribution in [0.3, 0.4) is 0 Å². The molecule has 1 aliphatic heterocycles. The molecule has 0 amide bonds. The molecule has 39 heavy (non-hydrogen) atoms. The SMILES string of the molecule is Cc1cc(C2=C(c3ccc(C=C4CCN(CCCF)C4)cc3)c3ccc(C(=O)O)cc3CCC2)c(C)cc1F. The number of benzene rings is 3. The summed E-state index contributed by atoms with van der Waals surface area (Å²) >= 11 is 0. The summed E-state index contributed by atoms with van der Waals surface area (Å²) in [5.74, 6) is -1.13. The predicted molar refractivity (Wildman–Crippen MR) is 154 cm³/mol. The summed E-state index contributed by atoms with van der Waals surface area (Å²) in [6.45, 7) is 6.15. The van der Waals surface area contributed by atoms with E-state index < -0.39 is 5.97 Å². The first-order valence-electron chi connectivity index (χ1n) is 13.8. The summed E-state index contributed by atoms with van der Waals surface area (Å²) in [6.07, 6.45) is 6.31. The lowest BCUT2D eigenvalue weighted by atomic mass is 9.85. The Hall–Kier alpha value is -3.57. The fourth-order valence-electron chi connectivity index (χ4n) is 5.95. The van der Waals surface area contributed by atoms with Crippen LogP contribution >= 0.6 is 0 Å². The molecule has 202 valence electrons. The number of carboxylic acid groups (broad SMARTS) is 1. The molecule has 0 atom stereocenters. The molecule has 0 saturated carbocycles. The number of allylic oxidation sites excluding steroid dienone is 1. The lowest BCUT2D eigenvalue weighted by Crippen LogP contribution is -2.20. The smallest absolute Gasteiger partial charge is 0.335 e. The van der Waals surface area contributed by atoms with Crippen molar-refractivity contribution in [3.05, 3.63) is 110 Å². The van der Waals surface area contributed by atoms with Gasteiger partial charge >= 0.3 is 5.97 Å². The monoisotopic (exact) mass is 527 g/mol. The number of nitrogens with zero attached hydrogens (tertiary/aromatic N) is 1. The van der Waals surface area contributed by atoms with Crippen LogP contribution < -0.4 is 0 Å². The number of fused-ring (bicyclic) bond motifs is 1. The topological polar surface area (TPSA) is 40.5 Å². The summed E-state index contributed by atoms with van der Waals surface area (Å²) < 4.78 is 26.9. The van der Waals surface area contributed by atoms with Crippen LogP contribution in [0, 0.1) is 19.7 Å². The Kier molecular flexibility index (Phi) is 8.08. The largest absolute Gasteiger partial charge is 0.478 e. The molecule has 1 N–H and O–H groups in total. The van der Waals surface area contributed by atoms with Gasteiger partial charge in [-0.25, -0.2) is 9.18 Å². The fourth-order valence-corrected chi connectivity index (χ4v) is 5.95. The van der Waals surface area contributed by atoms with Crippen LogP contribution in [-0.2, 0) is 6.42 Å². The number of likely N-dealkylation sites (tertiary alicyclic amines) is 1. The van der Waals surface area contributed by atoms with Crippen molar-refractivity contribution in [1.29, 1.82) is 0 Å². The number of hydrogen-bond donors (Lipinski definition) is 1. The van der Waals surface area contributed by atoms with Crippen LogP contribution in [0.15, 0.2) is 60.2 Å². The third kappa shape index (κ3) is 5.89. The zero-order chi connectivity index (χ0) is 27.5. The van der Waals surface area contributed by atoms with Gasteiger partial charge in [-0.2, -0.15) is 0 Å². The molecule has 3 nitrogen and oxygen atoms in total. The second kappa shape index (κ2) is 11.7. The van der Waals surface area contributed by atoms with Gasteiger partial charge in [-0.1, -0.05) is 42.0 Å². The van der Waals surface area contributed by atoms with E-state index in [2.05, 4.69) is 35.2 Å². The molecule has 5 rings (SSSR count). The molecule has 0 bridgehead atoms. The quantitative estimate of drug-likeness (QED) is 0.340. The number of rotatable bonds is 7. The molecule has 3 aromatic rings. The van der Waals surface area contributed by atoms with Gasteiger partial charge in [0.25, 0.3) is 0 Å². The maximum absolute atomic E-state index is 14.4. The highest BCUT2D eigenvalue weighted by Crippen LogP contribution is 2.41. The second-order valence-electron chi connectivity index (χ2n) is 10.8. The van der Waals surface area contributed by atoms with E-state index >= 15 is 0 Å². The van der Waals surface area contributed by atoms with Crippen LogP contribution in [0.2, 0.25) is 0 Å². The van der Waals surface area contributed by atoms with Crippen molar-refractivity contribution < 1.29 is 18.7 Å². The lowest BCUT2D eigenvalue weighted by molar-refractivity contribution is 0.0696. The van der Waals surface area contributed by atoms with Crippen molar-refractivity contribution in [2.24, 2.45) is 0 Å². The summed E-state index contributed by atoms with van der Waals surface area (Å²) in [4.78, 5) is 14.0. The van der Waals surface area contributed by atoms with Crippen LogP contribution in [-0.4, -0.2) is 42.3 Å². The second-order valence-corrected chi connectivity index (χ2v) is 10.8. The maximum atomic E-state index is 14.4. The summed E-state index contributed by atoms with van der Waals surface area (Å²) in [6, 6.07) is 17.5. The van der Waals surface area contributed by atoms with Crippen LogP contribution in [0.1, 0.15) is 75.0 Å². The minimum Gasteiger partial charge on any atom is -0.478 e. The molecule has 0 spiro atoms. The Labute approximate surface area is 229 Å². The van der Waals surface area contributed by atoms with Gasteiger partial charge in [-0.3, -0.25) is 9.29 Å². The third-order valence-corrected chi connectivity index (χ3v) is 7.98. The van der Waals surface area contributed by atoms with E-state index in [4.69, 9.17) is 0 Å². The average Bonchev–Trinajstić information content (AvgIpc) is 3.28. The standard InChI is InChI=1S/C34H35F2NO2/c1-22-18-32(36)23(2)17-31(22)30-6-3-5-27-20-28(34(38)39)11-12-29(27)33(30)26-9-7-24(8-10-26)19-25-13-16-37(21-25)15-4-14-35/h7-12,17-20H,3-6,13-16,21H2,1-2H3,(H,38,39). The molecule has 1 heterocycles. The molecule has 5 heteroatoms. The van der Waals surface area contributed by atoms with Gasteiger partial charge in [-0.15, -0.1) is 0 Å². The number of carboxylic acids is 1. The van der Waals surface area contributed by atoms with Crippen LogP contribution in [0.25, 0.3) is 17.2 Å². The first kappa shape index (κ1) is 27.0. The highest BCUT2D eigenvalue weighted by atomic mass is 19.1. The van der Waals surface area contributed by atoms with Crippen molar-refractivity contribution in [2.75, 3.05) is 26.3 Å². The summed E-state index contributed by atoms with van der Waals surface area (Å²) in [7, 11) is 0. The van der Waals surface area contributed by atoms with E-state index in [-0.39, 0.29) is 12.5 Å². The minimum atomic E-state index is -0.926.